The molecule has 2 saturated carbocycles. The minimum atomic E-state index is 0.906. The molecule has 0 amide bonds. The van der Waals surface area contributed by atoms with Crippen molar-refractivity contribution in [3.05, 3.63) is 0 Å². The second kappa shape index (κ2) is 5.17. The minimum absolute atomic E-state index is 0.906. The Morgan fingerprint density at radius 1 is 0.800 bits per heavy atom. The van der Waals surface area contributed by atoms with Gasteiger partial charge in [0.15, 0.2) is 0 Å². The van der Waals surface area contributed by atoms with Gasteiger partial charge in [-0.2, -0.15) is 0 Å². The van der Waals surface area contributed by atoms with Crippen LogP contribution in [0.1, 0.15) is 58.8 Å². The third-order valence-electron chi connectivity index (χ3n) is 5.03. The molecule has 4 unspecified atom stereocenters. The van der Waals surface area contributed by atoms with Gasteiger partial charge in [-0.05, 0) is 61.4 Å². The number of rotatable bonds is 1. The summed E-state index contributed by atoms with van der Waals surface area (Å²) in [5.41, 5.74) is 0.906. The summed E-state index contributed by atoms with van der Waals surface area (Å²) >= 11 is 0. The Hall–Kier alpha value is 0.430. The first-order chi connectivity index (χ1) is 7.16. The first kappa shape index (κ1) is 11.9. The predicted octanol–water partition coefficient (Wildman–Crippen LogP) is 4.49. The average Bonchev–Trinajstić information content (AvgIpc) is 2.23. The molecule has 0 radical (unpaired) electrons. The zero-order chi connectivity index (χ0) is 10.8. The van der Waals surface area contributed by atoms with Crippen molar-refractivity contribution in [3.63, 3.8) is 0 Å². The maximum absolute atomic E-state index is 3.10. The molecule has 0 bridgehead atoms. The van der Waals surface area contributed by atoms with Crippen LogP contribution in [0.2, 0.25) is 0 Å². The van der Waals surface area contributed by atoms with E-state index < -0.39 is 0 Å². The highest BCUT2D eigenvalue weighted by atomic mass is 31.0. The molecule has 2 aliphatic carbocycles. The summed E-state index contributed by atoms with van der Waals surface area (Å²) in [7, 11) is 3.10. The maximum Gasteiger partial charge on any atom is -0.0236 e. The maximum atomic E-state index is 3.10. The van der Waals surface area contributed by atoms with Crippen LogP contribution >= 0.6 is 9.24 Å². The molecule has 2 fully saturated rings. The second-order valence-corrected chi connectivity index (χ2v) is 7.09. The van der Waals surface area contributed by atoms with Gasteiger partial charge in [-0.15, -0.1) is 9.24 Å². The van der Waals surface area contributed by atoms with Crippen molar-refractivity contribution >= 4 is 9.24 Å². The summed E-state index contributed by atoms with van der Waals surface area (Å²) < 4.78 is 0. The summed E-state index contributed by atoms with van der Waals surface area (Å²) in [5.74, 6) is 4.11. The van der Waals surface area contributed by atoms with E-state index in [1.165, 1.54) is 44.9 Å². The first-order valence-electron chi connectivity index (χ1n) is 6.92. The fourth-order valence-corrected chi connectivity index (χ4v) is 4.12. The summed E-state index contributed by atoms with van der Waals surface area (Å²) in [4.78, 5) is 0. The van der Waals surface area contributed by atoms with Crippen molar-refractivity contribution in [3.8, 4) is 0 Å². The van der Waals surface area contributed by atoms with Crippen molar-refractivity contribution in [2.75, 3.05) is 0 Å². The van der Waals surface area contributed by atoms with Crippen LogP contribution < -0.4 is 0 Å². The monoisotopic (exact) mass is 226 g/mol. The molecule has 0 aliphatic heterocycles. The van der Waals surface area contributed by atoms with E-state index in [0.717, 1.165) is 29.3 Å². The molecular formula is C14H27P. The van der Waals surface area contributed by atoms with Crippen LogP contribution in [0.25, 0.3) is 0 Å². The molecule has 15 heavy (non-hydrogen) atoms. The van der Waals surface area contributed by atoms with Crippen LogP contribution in [-0.4, -0.2) is 5.66 Å². The van der Waals surface area contributed by atoms with Crippen LogP contribution in [0.3, 0.4) is 0 Å². The highest BCUT2D eigenvalue weighted by Crippen LogP contribution is 2.43. The van der Waals surface area contributed by atoms with Crippen molar-refractivity contribution in [2.24, 2.45) is 23.7 Å². The Morgan fingerprint density at radius 2 is 1.40 bits per heavy atom. The Labute approximate surface area is 97.8 Å². The smallest absolute Gasteiger partial charge is 0.0236 e. The van der Waals surface area contributed by atoms with Gasteiger partial charge in [0.1, 0.15) is 0 Å². The van der Waals surface area contributed by atoms with Gasteiger partial charge >= 0.3 is 0 Å². The van der Waals surface area contributed by atoms with Crippen LogP contribution in [-0.2, 0) is 0 Å². The minimum Gasteiger partial charge on any atom is -0.134 e. The topological polar surface area (TPSA) is 0 Å². The highest BCUT2D eigenvalue weighted by molar-refractivity contribution is 7.17. The summed E-state index contributed by atoms with van der Waals surface area (Å²) in [6.45, 7) is 4.86. The Bertz CT molecular complexity index is 194. The Balaban J connectivity index is 1.84. The normalized spacial score (nSPS) is 47.8. The molecule has 1 heteroatoms. The SMILES string of the molecule is CC1CCC(C2CCC(C)C(P)C2)CC1. The van der Waals surface area contributed by atoms with Crippen LogP contribution in [0, 0.1) is 23.7 Å². The zero-order valence-electron chi connectivity index (χ0n) is 10.4. The number of hydrogen-bond donors (Lipinski definition) is 0. The molecule has 0 saturated heterocycles. The molecule has 4 atom stereocenters. The zero-order valence-corrected chi connectivity index (χ0v) is 11.6. The molecule has 0 heterocycles. The van der Waals surface area contributed by atoms with Crippen molar-refractivity contribution in [2.45, 2.75) is 64.5 Å². The Kier molecular flexibility index (Phi) is 4.10. The number of hydrogen-bond acceptors (Lipinski definition) is 0. The first-order valence-corrected chi connectivity index (χ1v) is 7.59. The lowest BCUT2D eigenvalue weighted by molar-refractivity contribution is 0.158. The lowest BCUT2D eigenvalue weighted by Gasteiger charge is -2.39. The summed E-state index contributed by atoms with van der Waals surface area (Å²) in [6.07, 6.45) is 10.5. The summed E-state index contributed by atoms with van der Waals surface area (Å²) in [5, 5.41) is 0. The van der Waals surface area contributed by atoms with Gasteiger partial charge in [-0.1, -0.05) is 26.7 Å². The third kappa shape index (κ3) is 2.96. The molecular weight excluding hydrogens is 199 g/mol. The molecule has 0 N–H and O–H groups in total. The van der Waals surface area contributed by atoms with Crippen LogP contribution in [0.15, 0.2) is 0 Å². The van der Waals surface area contributed by atoms with Crippen molar-refractivity contribution in [1.29, 1.82) is 0 Å². The summed E-state index contributed by atoms with van der Waals surface area (Å²) in [6, 6.07) is 0. The van der Waals surface area contributed by atoms with Gasteiger partial charge in [0.05, 0.1) is 0 Å². The van der Waals surface area contributed by atoms with Crippen molar-refractivity contribution in [1.82, 2.24) is 0 Å². The molecule has 0 spiro atoms. The fourth-order valence-electron chi connectivity index (χ4n) is 3.58. The van der Waals surface area contributed by atoms with Gasteiger partial charge in [-0.25, -0.2) is 0 Å². The molecule has 0 nitrogen and oxygen atoms in total. The lowest BCUT2D eigenvalue weighted by Crippen LogP contribution is -2.29. The Morgan fingerprint density at radius 3 is 2.00 bits per heavy atom. The largest absolute Gasteiger partial charge is 0.134 e. The highest BCUT2D eigenvalue weighted by Gasteiger charge is 2.31. The predicted molar refractivity (Wildman–Crippen MR) is 71.1 cm³/mol. The second-order valence-electron chi connectivity index (χ2n) is 6.23. The van der Waals surface area contributed by atoms with Gasteiger partial charge in [-0.3, -0.25) is 0 Å². The molecule has 2 aliphatic rings. The van der Waals surface area contributed by atoms with E-state index in [1.807, 2.05) is 0 Å². The van der Waals surface area contributed by atoms with E-state index in [2.05, 4.69) is 23.1 Å². The van der Waals surface area contributed by atoms with E-state index in [1.54, 1.807) is 0 Å². The van der Waals surface area contributed by atoms with Gasteiger partial charge in [0.25, 0.3) is 0 Å². The van der Waals surface area contributed by atoms with E-state index in [9.17, 15) is 0 Å². The van der Waals surface area contributed by atoms with Crippen molar-refractivity contribution < 1.29 is 0 Å². The standard InChI is InChI=1S/C14H27P/c1-10-3-6-12(7-4-10)13-8-5-11(2)14(15)9-13/h10-14H,3-9,15H2,1-2H3. The molecule has 88 valence electrons. The van der Waals surface area contributed by atoms with Gasteiger partial charge in [0, 0.05) is 0 Å². The fraction of sp³-hybridized carbons (Fsp3) is 1.00. The molecule has 0 aromatic heterocycles. The van der Waals surface area contributed by atoms with Gasteiger partial charge in [0.2, 0.25) is 0 Å². The molecule has 0 aromatic rings. The average molecular weight is 226 g/mol. The van der Waals surface area contributed by atoms with Crippen LogP contribution in [0.5, 0.6) is 0 Å². The van der Waals surface area contributed by atoms with Crippen LogP contribution in [0.4, 0.5) is 0 Å². The van der Waals surface area contributed by atoms with E-state index >= 15 is 0 Å². The molecule has 2 rings (SSSR count). The van der Waals surface area contributed by atoms with Gasteiger partial charge < -0.3 is 0 Å². The lowest BCUT2D eigenvalue weighted by atomic mass is 9.69. The quantitative estimate of drug-likeness (QED) is 0.578. The third-order valence-corrected chi connectivity index (χ3v) is 5.96. The van der Waals surface area contributed by atoms with E-state index in [4.69, 9.17) is 0 Å². The van der Waals surface area contributed by atoms with E-state index in [0.29, 0.717) is 0 Å². The molecule has 0 aromatic carbocycles. The van der Waals surface area contributed by atoms with E-state index in [-0.39, 0.29) is 0 Å².